The van der Waals surface area contributed by atoms with Crippen molar-refractivity contribution < 1.29 is 4.42 Å². The van der Waals surface area contributed by atoms with E-state index in [9.17, 15) is 0 Å². The van der Waals surface area contributed by atoms with Crippen LogP contribution in [0.5, 0.6) is 0 Å². The summed E-state index contributed by atoms with van der Waals surface area (Å²) in [5.74, 6) is 0.772. The molecule has 0 atom stereocenters. The number of benzene rings is 3. The van der Waals surface area contributed by atoms with Crippen LogP contribution in [0, 0.1) is 27.7 Å². The highest BCUT2D eigenvalue weighted by atomic mass is 35.5. The second-order valence-corrected chi connectivity index (χ2v) is 7.80. The fourth-order valence-electron chi connectivity index (χ4n) is 3.60. The normalized spacial score (nSPS) is 12.0. The van der Waals surface area contributed by atoms with Crippen molar-refractivity contribution in [2.75, 3.05) is 0 Å². The maximum absolute atomic E-state index is 6.20. The predicted octanol–water partition coefficient (Wildman–Crippen LogP) is 7.22. The minimum absolute atomic E-state index is 0.705. The molecule has 0 unspecified atom stereocenters. The van der Waals surface area contributed by atoms with Gasteiger partial charge in [0.2, 0.25) is 0 Å². The Hall–Kier alpha value is -2.84. The molecule has 140 valence electrons. The molecule has 1 aromatic heterocycles. The van der Waals surface area contributed by atoms with Crippen LogP contribution in [-0.4, -0.2) is 0 Å². The molecule has 0 N–H and O–H groups in total. The molecule has 4 rings (SSSR count). The molecule has 0 spiro atoms. The number of hydrogen-bond acceptors (Lipinski definition) is 2. The van der Waals surface area contributed by atoms with Crippen molar-refractivity contribution in [3.63, 3.8) is 0 Å². The van der Waals surface area contributed by atoms with Gasteiger partial charge in [-0.15, -0.1) is 0 Å². The van der Waals surface area contributed by atoms with Gasteiger partial charge in [0, 0.05) is 22.0 Å². The maximum atomic E-state index is 6.20. The molecule has 0 fully saturated rings. The summed E-state index contributed by atoms with van der Waals surface area (Å²) in [4.78, 5) is 5.07. The number of fused-ring (bicyclic) bond motifs is 1. The monoisotopic (exact) mass is 387 g/mol. The van der Waals surface area contributed by atoms with E-state index < -0.39 is 0 Å². The Morgan fingerprint density at radius 3 is 2.11 bits per heavy atom. The van der Waals surface area contributed by atoms with Crippen molar-refractivity contribution in [3.05, 3.63) is 93.3 Å². The first-order chi connectivity index (χ1) is 13.4. The Labute approximate surface area is 170 Å². The summed E-state index contributed by atoms with van der Waals surface area (Å²) in [6.07, 6.45) is 0. The highest BCUT2D eigenvalue weighted by molar-refractivity contribution is 6.30. The van der Waals surface area contributed by atoms with Crippen LogP contribution in [0.2, 0.25) is 5.02 Å². The van der Waals surface area contributed by atoms with Gasteiger partial charge in [-0.25, -0.2) is 4.99 Å². The Balaban J connectivity index is 2.03. The maximum Gasteiger partial charge on any atom is 0.136 e. The predicted molar refractivity (Wildman–Crippen MR) is 117 cm³/mol. The van der Waals surface area contributed by atoms with Crippen LogP contribution in [0.3, 0.4) is 0 Å². The van der Waals surface area contributed by atoms with Crippen molar-refractivity contribution in [2.24, 2.45) is 4.99 Å². The quantitative estimate of drug-likeness (QED) is 0.356. The Morgan fingerprint density at radius 1 is 0.750 bits per heavy atom. The van der Waals surface area contributed by atoms with Crippen molar-refractivity contribution in [3.8, 4) is 11.3 Å². The van der Waals surface area contributed by atoms with Gasteiger partial charge in [-0.05, 0) is 75.2 Å². The van der Waals surface area contributed by atoms with E-state index in [2.05, 4.69) is 52.0 Å². The first-order valence-corrected chi connectivity index (χ1v) is 9.71. The second kappa shape index (κ2) is 7.29. The molecule has 0 bridgehead atoms. The van der Waals surface area contributed by atoms with Gasteiger partial charge in [-0.1, -0.05) is 40.9 Å². The van der Waals surface area contributed by atoms with Gasteiger partial charge in [-0.3, -0.25) is 0 Å². The van der Waals surface area contributed by atoms with Crippen LogP contribution in [0.1, 0.15) is 22.3 Å². The van der Waals surface area contributed by atoms with Crippen molar-refractivity contribution >= 4 is 28.3 Å². The molecule has 3 heteroatoms. The molecule has 0 saturated carbocycles. The first kappa shape index (κ1) is 18.5. The fraction of sp³-hybridized carbons (Fsp3) is 0.160. The molecule has 0 aliphatic carbocycles. The van der Waals surface area contributed by atoms with Crippen LogP contribution in [0.15, 0.2) is 70.1 Å². The first-order valence-electron chi connectivity index (χ1n) is 9.34. The molecule has 2 nitrogen and oxygen atoms in total. The molecule has 0 amide bonds. The van der Waals surface area contributed by atoms with Crippen molar-refractivity contribution in [1.29, 1.82) is 0 Å². The Morgan fingerprint density at radius 2 is 1.43 bits per heavy atom. The van der Waals surface area contributed by atoms with Gasteiger partial charge >= 0.3 is 0 Å². The van der Waals surface area contributed by atoms with Gasteiger partial charge in [0.15, 0.2) is 0 Å². The lowest BCUT2D eigenvalue weighted by atomic mass is 10.0. The summed E-state index contributed by atoms with van der Waals surface area (Å²) in [6.45, 7) is 8.42. The lowest BCUT2D eigenvalue weighted by Crippen LogP contribution is -2.04. The van der Waals surface area contributed by atoms with Crippen LogP contribution in [0.25, 0.3) is 22.3 Å². The number of nitrogens with zero attached hydrogens (tertiary/aromatic N) is 1. The van der Waals surface area contributed by atoms with E-state index in [1.165, 1.54) is 22.3 Å². The zero-order valence-electron chi connectivity index (χ0n) is 16.5. The largest absolute Gasteiger partial charge is 0.456 e. The van der Waals surface area contributed by atoms with Crippen molar-refractivity contribution in [2.45, 2.75) is 27.7 Å². The van der Waals surface area contributed by atoms with E-state index in [0.29, 0.717) is 5.02 Å². The smallest absolute Gasteiger partial charge is 0.136 e. The molecule has 0 radical (unpaired) electrons. The average Bonchev–Trinajstić information content (AvgIpc) is 2.65. The molecule has 0 aliphatic heterocycles. The third-order valence-electron chi connectivity index (χ3n) is 4.90. The summed E-state index contributed by atoms with van der Waals surface area (Å²) in [6, 6.07) is 20.2. The van der Waals surface area contributed by atoms with E-state index in [1.54, 1.807) is 0 Å². The topological polar surface area (TPSA) is 25.5 Å². The summed E-state index contributed by atoms with van der Waals surface area (Å²) in [5.41, 5.74) is 7.58. The third-order valence-corrected chi connectivity index (χ3v) is 5.15. The number of rotatable bonds is 2. The van der Waals surface area contributed by atoms with E-state index >= 15 is 0 Å². The van der Waals surface area contributed by atoms with E-state index in [1.807, 2.05) is 36.4 Å². The summed E-state index contributed by atoms with van der Waals surface area (Å²) in [7, 11) is 0. The van der Waals surface area contributed by atoms with E-state index in [0.717, 1.165) is 33.3 Å². The van der Waals surface area contributed by atoms with Crippen LogP contribution >= 0.6 is 11.6 Å². The number of hydrogen-bond donors (Lipinski definition) is 0. The molecular formula is C25H22ClNO. The van der Waals surface area contributed by atoms with Crippen LogP contribution in [0.4, 0.5) is 5.69 Å². The highest BCUT2D eigenvalue weighted by Crippen LogP contribution is 2.27. The van der Waals surface area contributed by atoms with Crippen molar-refractivity contribution in [1.82, 2.24) is 0 Å². The fourth-order valence-corrected chi connectivity index (χ4v) is 3.73. The summed E-state index contributed by atoms with van der Waals surface area (Å²) in [5, 5.41) is 2.62. The van der Waals surface area contributed by atoms with Gasteiger partial charge in [-0.2, -0.15) is 0 Å². The summed E-state index contributed by atoms with van der Waals surface area (Å²) < 4.78 is 6.20. The van der Waals surface area contributed by atoms with Gasteiger partial charge < -0.3 is 4.42 Å². The SMILES string of the molecule is Cc1cc(C)c(N=c2cc(-c3ccc(Cl)cc3)oc3ccc(C)cc23)c(C)c1. The minimum atomic E-state index is 0.705. The molecule has 0 aliphatic rings. The lowest BCUT2D eigenvalue weighted by Gasteiger charge is -2.09. The molecule has 1 heterocycles. The van der Waals surface area contributed by atoms with Crippen LogP contribution in [-0.2, 0) is 0 Å². The molecule has 4 aromatic rings. The zero-order valence-corrected chi connectivity index (χ0v) is 17.3. The van der Waals surface area contributed by atoms with E-state index in [-0.39, 0.29) is 0 Å². The lowest BCUT2D eigenvalue weighted by molar-refractivity contribution is 0.618. The standard InChI is InChI=1S/C25H22ClNO/c1-15-5-10-23-21(13-15)22(27-25-17(3)11-16(2)12-18(25)4)14-24(28-23)19-6-8-20(26)9-7-19/h5-14H,1-4H3. The molecular weight excluding hydrogens is 366 g/mol. The second-order valence-electron chi connectivity index (χ2n) is 7.36. The van der Waals surface area contributed by atoms with Gasteiger partial charge in [0.25, 0.3) is 0 Å². The van der Waals surface area contributed by atoms with Crippen LogP contribution < -0.4 is 5.36 Å². The molecule has 0 saturated heterocycles. The highest BCUT2D eigenvalue weighted by Gasteiger charge is 2.08. The number of aryl methyl sites for hydroxylation is 4. The minimum Gasteiger partial charge on any atom is -0.456 e. The molecule has 28 heavy (non-hydrogen) atoms. The Bertz CT molecular complexity index is 1230. The molecule has 3 aromatic carbocycles. The Kier molecular flexibility index (Phi) is 4.82. The average molecular weight is 388 g/mol. The van der Waals surface area contributed by atoms with E-state index in [4.69, 9.17) is 21.0 Å². The number of halogens is 1. The zero-order chi connectivity index (χ0) is 19.8. The van der Waals surface area contributed by atoms with Gasteiger partial charge in [0.05, 0.1) is 11.0 Å². The third kappa shape index (κ3) is 3.61. The van der Waals surface area contributed by atoms with Gasteiger partial charge in [0.1, 0.15) is 11.3 Å². The summed E-state index contributed by atoms with van der Waals surface area (Å²) >= 11 is 6.05.